The Balaban J connectivity index is 1.97. The van der Waals surface area contributed by atoms with E-state index in [1.807, 2.05) is 63.2 Å². The molecule has 0 unspecified atom stereocenters. The third kappa shape index (κ3) is 7.22. The van der Waals surface area contributed by atoms with Crippen LogP contribution in [0.15, 0.2) is 89.8 Å². The second-order valence-electron chi connectivity index (χ2n) is 9.43. The maximum Gasteiger partial charge on any atom is 0.264 e. The van der Waals surface area contributed by atoms with Gasteiger partial charge in [0.05, 0.1) is 10.6 Å². The van der Waals surface area contributed by atoms with Crippen LogP contribution in [-0.4, -0.2) is 50.3 Å². The minimum absolute atomic E-state index is 0.0436. The Hall–Kier alpha value is -3.65. The molecule has 3 rings (SSSR count). The number of carbonyl (C=O) groups is 2. The van der Waals surface area contributed by atoms with Gasteiger partial charge in [-0.25, -0.2) is 8.42 Å². The summed E-state index contributed by atoms with van der Waals surface area (Å²) in [6.45, 7) is 7.21. The summed E-state index contributed by atoms with van der Waals surface area (Å²) < 4.78 is 28.7. The molecule has 0 aliphatic rings. The van der Waals surface area contributed by atoms with Crippen molar-refractivity contribution in [2.45, 2.75) is 57.5 Å². The number of hydrogen-bond acceptors (Lipinski definition) is 4. The maximum absolute atomic E-state index is 13.9. The van der Waals surface area contributed by atoms with Gasteiger partial charge in [0.1, 0.15) is 12.6 Å². The standard InChI is InChI=1S/C30H37N3O4S/c1-5-24(3)31-30(35)25(4)32(21-20-26-15-8-6-9-16-26)29(34)22-33(28-19-13-12-14-23(28)2)38(36,37)27-17-10-7-11-18-27/h6-19,24-25H,5,20-22H2,1-4H3,(H,31,35)/t24-,25+/m0/s1. The fraction of sp³-hybridized carbons (Fsp3) is 0.333. The van der Waals surface area contributed by atoms with Crippen molar-refractivity contribution in [1.82, 2.24) is 10.2 Å². The Labute approximate surface area is 226 Å². The van der Waals surface area contributed by atoms with Crippen molar-refractivity contribution in [3.05, 3.63) is 96.1 Å². The Bertz CT molecular complexity index is 1310. The summed E-state index contributed by atoms with van der Waals surface area (Å²) >= 11 is 0. The summed E-state index contributed by atoms with van der Waals surface area (Å²) in [6.07, 6.45) is 1.29. The predicted octanol–water partition coefficient (Wildman–Crippen LogP) is 4.56. The summed E-state index contributed by atoms with van der Waals surface area (Å²) in [7, 11) is -4.06. The van der Waals surface area contributed by atoms with Crippen molar-refractivity contribution in [3.8, 4) is 0 Å². The molecule has 0 aromatic heterocycles. The summed E-state index contributed by atoms with van der Waals surface area (Å²) in [5.74, 6) is -0.718. The molecule has 1 N–H and O–H groups in total. The lowest BCUT2D eigenvalue weighted by Gasteiger charge is -2.32. The molecule has 202 valence electrons. The van der Waals surface area contributed by atoms with Gasteiger partial charge in [-0.05, 0) is 62.9 Å². The zero-order valence-corrected chi connectivity index (χ0v) is 23.3. The van der Waals surface area contributed by atoms with E-state index in [4.69, 9.17) is 0 Å². The van der Waals surface area contributed by atoms with Gasteiger partial charge in [0.2, 0.25) is 11.8 Å². The highest BCUT2D eigenvalue weighted by Crippen LogP contribution is 2.27. The zero-order chi connectivity index (χ0) is 27.7. The van der Waals surface area contributed by atoms with Crippen LogP contribution in [0.25, 0.3) is 0 Å². The van der Waals surface area contributed by atoms with Crippen LogP contribution < -0.4 is 9.62 Å². The molecule has 3 aromatic carbocycles. The first kappa shape index (κ1) is 28.9. The molecular weight excluding hydrogens is 498 g/mol. The van der Waals surface area contributed by atoms with Crippen molar-refractivity contribution < 1.29 is 18.0 Å². The van der Waals surface area contributed by atoms with Gasteiger partial charge in [-0.3, -0.25) is 13.9 Å². The molecule has 3 aromatic rings. The van der Waals surface area contributed by atoms with Crippen molar-refractivity contribution in [1.29, 1.82) is 0 Å². The highest BCUT2D eigenvalue weighted by atomic mass is 32.2. The van der Waals surface area contributed by atoms with Crippen molar-refractivity contribution >= 4 is 27.5 Å². The Morgan fingerprint density at radius 2 is 1.45 bits per heavy atom. The van der Waals surface area contributed by atoms with Gasteiger partial charge >= 0.3 is 0 Å². The molecule has 0 bridgehead atoms. The van der Waals surface area contributed by atoms with Crippen LogP contribution in [0.4, 0.5) is 5.69 Å². The SMILES string of the molecule is CC[C@H](C)NC(=O)[C@@H](C)N(CCc1ccccc1)C(=O)CN(c1ccccc1C)S(=O)(=O)c1ccccc1. The number of sulfonamides is 1. The number of aryl methyl sites for hydroxylation is 1. The number of amides is 2. The average molecular weight is 536 g/mol. The number of rotatable bonds is 12. The first-order valence-corrected chi connectivity index (χ1v) is 14.4. The Morgan fingerprint density at radius 3 is 2.05 bits per heavy atom. The number of anilines is 1. The maximum atomic E-state index is 13.9. The molecule has 0 spiro atoms. The molecule has 0 fully saturated rings. The van der Waals surface area contributed by atoms with E-state index in [2.05, 4.69) is 5.32 Å². The number of nitrogens with one attached hydrogen (secondary N) is 1. The van der Waals surface area contributed by atoms with E-state index in [-0.39, 0.29) is 23.4 Å². The van der Waals surface area contributed by atoms with Crippen LogP contribution in [0.5, 0.6) is 0 Å². The van der Waals surface area contributed by atoms with Crippen LogP contribution >= 0.6 is 0 Å². The molecule has 0 radical (unpaired) electrons. The molecule has 8 heteroatoms. The highest BCUT2D eigenvalue weighted by Gasteiger charge is 2.33. The third-order valence-corrected chi connectivity index (χ3v) is 8.42. The highest BCUT2D eigenvalue weighted by molar-refractivity contribution is 7.92. The van der Waals surface area contributed by atoms with Gasteiger partial charge in [-0.2, -0.15) is 0 Å². The summed E-state index contributed by atoms with van der Waals surface area (Å²) in [5.41, 5.74) is 2.16. The number of para-hydroxylation sites is 1. The van der Waals surface area contributed by atoms with Gasteiger partial charge < -0.3 is 10.2 Å². The monoisotopic (exact) mass is 535 g/mol. The third-order valence-electron chi connectivity index (χ3n) is 6.65. The predicted molar refractivity (Wildman–Crippen MR) is 151 cm³/mol. The molecule has 0 aliphatic heterocycles. The first-order valence-electron chi connectivity index (χ1n) is 12.9. The molecule has 38 heavy (non-hydrogen) atoms. The topological polar surface area (TPSA) is 86.8 Å². The minimum Gasteiger partial charge on any atom is -0.352 e. The molecule has 2 amide bonds. The van der Waals surface area contributed by atoms with E-state index in [0.717, 1.165) is 21.9 Å². The lowest BCUT2D eigenvalue weighted by Crippen LogP contribution is -2.53. The van der Waals surface area contributed by atoms with Crippen LogP contribution in [0, 0.1) is 6.92 Å². The zero-order valence-electron chi connectivity index (χ0n) is 22.5. The van der Waals surface area contributed by atoms with E-state index >= 15 is 0 Å². The summed E-state index contributed by atoms with van der Waals surface area (Å²) in [6, 6.07) is 24.0. The van der Waals surface area contributed by atoms with Gasteiger partial charge in [0.25, 0.3) is 10.0 Å². The van der Waals surface area contributed by atoms with E-state index in [1.54, 1.807) is 37.3 Å². The van der Waals surface area contributed by atoms with E-state index in [1.165, 1.54) is 17.0 Å². The van der Waals surface area contributed by atoms with Gasteiger partial charge in [-0.1, -0.05) is 73.7 Å². The second-order valence-corrected chi connectivity index (χ2v) is 11.3. The Morgan fingerprint density at radius 1 is 0.868 bits per heavy atom. The summed E-state index contributed by atoms with van der Waals surface area (Å²) in [4.78, 5) is 28.5. The van der Waals surface area contributed by atoms with Crippen LogP contribution in [0.2, 0.25) is 0 Å². The van der Waals surface area contributed by atoms with E-state index in [9.17, 15) is 18.0 Å². The van der Waals surface area contributed by atoms with Gasteiger partial charge in [-0.15, -0.1) is 0 Å². The second kappa shape index (κ2) is 13.2. The quantitative estimate of drug-likeness (QED) is 0.368. The average Bonchev–Trinajstić information content (AvgIpc) is 2.93. The number of benzene rings is 3. The molecule has 0 heterocycles. The largest absolute Gasteiger partial charge is 0.352 e. The van der Waals surface area contributed by atoms with E-state index in [0.29, 0.717) is 12.1 Å². The van der Waals surface area contributed by atoms with Crippen molar-refractivity contribution in [3.63, 3.8) is 0 Å². The van der Waals surface area contributed by atoms with Crippen LogP contribution in [0.1, 0.15) is 38.3 Å². The molecule has 0 aliphatic carbocycles. The van der Waals surface area contributed by atoms with Crippen molar-refractivity contribution in [2.24, 2.45) is 0 Å². The normalized spacial score (nSPS) is 12.8. The van der Waals surface area contributed by atoms with Crippen LogP contribution in [0.3, 0.4) is 0 Å². The summed E-state index contributed by atoms with van der Waals surface area (Å²) in [5, 5.41) is 2.95. The minimum atomic E-state index is -4.06. The molecule has 0 saturated heterocycles. The Kier molecular flexibility index (Phi) is 10.1. The smallest absolute Gasteiger partial charge is 0.264 e. The molecule has 0 saturated carbocycles. The number of nitrogens with zero attached hydrogens (tertiary/aromatic N) is 2. The number of hydrogen-bond donors (Lipinski definition) is 1. The fourth-order valence-electron chi connectivity index (χ4n) is 4.11. The lowest BCUT2D eigenvalue weighted by atomic mass is 10.1. The van der Waals surface area contributed by atoms with Gasteiger partial charge in [0, 0.05) is 12.6 Å². The van der Waals surface area contributed by atoms with Crippen molar-refractivity contribution in [2.75, 3.05) is 17.4 Å². The number of carbonyl (C=O) groups excluding carboxylic acids is 2. The fourth-order valence-corrected chi connectivity index (χ4v) is 5.61. The lowest BCUT2D eigenvalue weighted by molar-refractivity contribution is -0.139. The van der Waals surface area contributed by atoms with Crippen LogP contribution in [-0.2, 0) is 26.0 Å². The molecule has 7 nitrogen and oxygen atoms in total. The molecular formula is C30H37N3O4S. The van der Waals surface area contributed by atoms with E-state index < -0.39 is 28.5 Å². The first-order chi connectivity index (χ1) is 18.1. The van der Waals surface area contributed by atoms with Gasteiger partial charge in [0.15, 0.2) is 0 Å². The molecule has 2 atom stereocenters.